The molecule has 0 aliphatic heterocycles. The maximum absolute atomic E-state index is 12.9. The van der Waals surface area contributed by atoms with Crippen molar-refractivity contribution in [3.05, 3.63) is 86.7 Å². The van der Waals surface area contributed by atoms with Gasteiger partial charge in [-0.1, -0.05) is 53.8 Å². The molecule has 0 unspecified atom stereocenters. The van der Waals surface area contributed by atoms with Gasteiger partial charge in [0, 0.05) is 17.9 Å². The molecule has 2 aliphatic rings. The second-order valence-corrected chi connectivity index (χ2v) is 9.18. The summed E-state index contributed by atoms with van der Waals surface area (Å²) in [6, 6.07) is 14.5. The maximum atomic E-state index is 12.9. The van der Waals surface area contributed by atoms with E-state index in [4.69, 9.17) is 5.10 Å². The first-order valence-corrected chi connectivity index (χ1v) is 11.0. The molecule has 0 saturated heterocycles. The molecule has 5 nitrogen and oxygen atoms in total. The van der Waals surface area contributed by atoms with Gasteiger partial charge >= 0.3 is 0 Å². The van der Waals surface area contributed by atoms with Crippen LogP contribution in [0.5, 0.6) is 0 Å². The van der Waals surface area contributed by atoms with Crippen LogP contribution in [0.3, 0.4) is 0 Å². The third kappa shape index (κ3) is 3.06. The first kappa shape index (κ1) is 18.8. The Hall–Kier alpha value is -3.17. The number of aromatic nitrogens is 2. The zero-order valence-electron chi connectivity index (χ0n) is 16.9. The summed E-state index contributed by atoms with van der Waals surface area (Å²) in [5, 5.41) is 14.2. The molecular formula is C24H22N4OS. The molecule has 1 fully saturated rings. The smallest absolute Gasteiger partial charge is 0.289 e. The van der Waals surface area contributed by atoms with Gasteiger partial charge in [0.25, 0.3) is 5.56 Å². The minimum Gasteiger partial charge on any atom is -0.318 e. The summed E-state index contributed by atoms with van der Waals surface area (Å²) < 4.78 is 3.63. The molecule has 0 spiro atoms. The highest BCUT2D eigenvalue weighted by atomic mass is 32.1. The van der Waals surface area contributed by atoms with E-state index < -0.39 is 0 Å². The number of thiazole rings is 1. The molecule has 5 rings (SSSR count). The molecule has 1 aromatic carbocycles. The van der Waals surface area contributed by atoms with Gasteiger partial charge < -0.3 is 4.57 Å². The second-order valence-electron chi connectivity index (χ2n) is 8.17. The van der Waals surface area contributed by atoms with Gasteiger partial charge in [-0.3, -0.25) is 4.79 Å². The van der Waals surface area contributed by atoms with Crippen LogP contribution in [0.4, 0.5) is 0 Å². The molecule has 2 heterocycles. The van der Waals surface area contributed by atoms with Crippen LogP contribution in [0.1, 0.15) is 35.7 Å². The number of nitriles is 1. The standard InChI is InChI=1S/C24H22N4OS/c1-15-10-16(2)28(23(29)20(15)13-25)26-24-27(21-12-17-8-9-19(21)11-17)14-22(30-24)18-6-4-3-5-7-18/h3-10,14,17,19,21H,11-12H2,1-2H3/b26-24+/t17-,19-,21+/m1/s1. The quantitative estimate of drug-likeness (QED) is 0.598. The first-order valence-electron chi connectivity index (χ1n) is 10.2. The molecule has 30 heavy (non-hydrogen) atoms. The van der Waals surface area contributed by atoms with E-state index in [9.17, 15) is 10.1 Å². The molecule has 1 saturated carbocycles. The van der Waals surface area contributed by atoms with E-state index in [1.165, 1.54) is 11.1 Å². The fourth-order valence-electron chi connectivity index (χ4n) is 4.70. The Morgan fingerprint density at radius 2 is 1.97 bits per heavy atom. The van der Waals surface area contributed by atoms with E-state index in [0.29, 0.717) is 23.4 Å². The predicted molar refractivity (Wildman–Crippen MR) is 118 cm³/mol. The molecule has 2 aromatic heterocycles. The van der Waals surface area contributed by atoms with Gasteiger partial charge in [-0.25, -0.2) is 0 Å². The van der Waals surface area contributed by atoms with Gasteiger partial charge in [0.05, 0.1) is 4.88 Å². The molecule has 3 aromatic rings. The monoisotopic (exact) mass is 414 g/mol. The summed E-state index contributed by atoms with van der Waals surface area (Å²) in [5.74, 6) is 1.15. The Morgan fingerprint density at radius 1 is 1.17 bits per heavy atom. The lowest BCUT2D eigenvalue weighted by Gasteiger charge is -2.20. The van der Waals surface area contributed by atoms with Crippen molar-refractivity contribution in [2.75, 3.05) is 0 Å². The molecule has 2 bridgehead atoms. The van der Waals surface area contributed by atoms with Crippen LogP contribution < -0.4 is 10.4 Å². The van der Waals surface area contributed by atoms with E-state index in [0.717, 1.165) is 27.4 Å². The Labute approximate surface area is 178 Å². The Morgan fingerprint density at radius 3 is 2.63 bits per heavy atom. The van der Waals surface area contributed by atoms with E-state index in [-0.39, 0.29) is 11.1 Å². The van der Waals surface area contributed by atoms with Crippen molar-refractivity contribution in [3.63, 3.8) is 0 Å². The molecule has 0 amide bonds. The average Bonchev–Trinajstić information content (AvgIpc) is 3.47. The highest BCUT2D eigenvalue weighted by Gasteiger charge is 2.37. The van der Waals surface area contributed by atoms with E-state index >= 15 is 0 Å². The topological polar surface area (TPSA) is 63.1 Å². The molecular weight excluding hydrogens is 392 g/mol. The number of aryl methyl sites for hydroxylation is 2. The largest absolute Gasteiger partial charge is 0.318 e. The number of fused-ring (bicyclic) bond motifs is 2. The van der Waals surface area contributed by atoms with Gasteiger partial charge in [-0.15, -0.1) is 5.10 Å². The van der Waals surface area contributed by atoms with Crippen LogP contribution in [-0.2, 0) is 0 Å². The van der Waals surface area contributed by atoms with Gasteiger partial charge in [-0.05, 0) is 55.7 Å². The average molecular weight is 415 g/mol. The number of hydrogen-bond acceptors (Lipinski definition) is 4. The molecule has 0 radical (unpaired) electrons. The summed E-state index contributed by atoms with van der Waals surface area (Å²) in [6.45, 7) is 3.65. The normalized spacial score (nSPS) is 22.6. The maximum Gasteiger partial charge on any atom is 0.289 e. The summed E-state index contributed by atoms with van der Waals surface area (Å²) in [6.07, 6.45) is 9.13. The fourth-order valence-corrected chi connectivity index (χ4v) is 5.74. The number of benzene rings is 1. The summed E-state index contributed by atoms with van der Waals surface area (Å²) >= 11 is 1.59. The van der Waals surface area contributed by atoms with E-state index in [1.54, 1.807) is 18.3 Å². The van der Waals surface area contributed by atoms with Crippen molar-refractivity contribution < 1.29 is 0 Å². The third-order valence-corrected chi connectivity index (χ3v) is 7.23. The van der Waals surface area contributed by atoms with Crippen LogP contribution in [0.2, 0.25) is 0 Å². The minimum atomic E-state index is -0.357. The Bertz CT molecular complexity index is 1320. The van der Waals surface area contributed by atoms with Crippen LogP contribution >= 0.6 is 11.3 Å². The Balaban J connectivity index is 1.72. The fraction of sp³-hybridized carbons (Fsp3) is 0.292. The van der Waals surface area contributed by atoms with Crippen molar-refractivity contribution in [3.8, 4) is 16.5 Å². The SMILES string of the molecule is Cc1cc(C)n(/N=c2/sc(-c3ccccc3)cn2[C@H]2C[C@@H]3C=C[C@@H]2C3)c(=O)c1C#N. The third-order valence-electron chi connectivity index (χ3n) is 6.20. The minimum absolute atomic E-state index is 0.151. The van der Waals surface area contributed by atoms with Crippen molar-refractivity contribution in [2.24, 2.45) is 16.9 Å². The Kier molecular flexibility index (Phi) is 4.56. The van der Waals surface area contributed by atoms with Gasteiger partial charge in [-0.2, -0.15) is 9.94 Å². The van der Waals surface area contributed by atoms with Gasteiger partial charge in [0.15, 0.2) is 0 Å². The zero-order valence-corrected chi connectivity index (χ0v) is 17.8. The van der Waals surface area contributed by atoms with Crippen molar-refractivity contribution in [2.45, 2.75) is 32.7 Å². The van der Waals surface area contributed by atoms with Crippen molar-refractivity contribution in [1.29, 1.82) is 5.26 Å². The molecule has 2 aliphatic carbocycles. The first-order chi connectivity index (χ1) is 14.5. The van der Waals surface area contributed by atoms with Crippen LogP contribution in [0.25, 0.3) is 10.4 Å². The van der Waals surface area contributed by atoms with E-state index in [1.807, 2.05) is 37.3 Å². The van der Waals surface area contributed by atoms with Crippen molar-refractivity contribution >= 4 is 11.3 Å². The molecule has 0 N–H and O–H groups in total. The lowest BCUT2D eigenvalue weighted by molar-refractivity contribution is 0.421. The van der Waals surface area contributed by atoms with Gasteiger partial charge in [0.2, 0.25) is 4.80 Å². The molecule has 6 heteroatoms. The summed E-state index contributed by atoms with van der Waals surface area (Å²) in [5.41, 5.74) is 2.35. The number of rotatable bonds is 3. The number of allylic oxidation sites excluding steroid dienone is 2. The zero-order chi connectivity index (χ0) is 20.8. The predicted octanol–water partition coefficient (Wildman–Crippen LogP) is 4.37. The van der Waals surface area contributed by atoms with E-state index in [2.05, 4.69) is 35.0 Å². The molecule has 3 atom stereocenters. The van der Waals surface area contributed by atoms with Gasteiger partial charge in [0.1, 0.15) is 11.6 Å². The highest BCUT2D eigenvalue weighted by Crippen LogP contribution is 2.46. The summed E-state index contributed by atoms with van der Waals surface area (Å²) in [7, 11) is 0. The molecule has 150 valence electrons. The van der Waals surface area contributed by atoms with Crippen LogP contribution in [0, 0.1) is 37.0 Å². The number of nitrogens with zero attached hydrogens (tertiary/aromatic N) is 4. The number of pyridine rings is 1. The lowest BCUT2D eigenvalue weighted by atomic mass is 10.0. The van der Waals surface area contributed by atoms with Crippen LogP contribution in [-0.4, -0.2) is 9.24 Å². The van der Waals surface area contributed by atoms with Crippen LogP contribution in [0.15, 0.2) is 64.6 Å². The number of hydrogen-bond donors (Lipinski definition) is 0. The van der Waals surface area contributed by atoms with Crippen molar-refractivity contribution in [1.82, 2.24) is 9.24 Å². The summed E-state index contributed by atoms with van der Waals surface area (Å²) in [4.78, 5) is 14.8. The highest BCUT2D eigenvalue weighted by molar-refractivity contribution is 7.12. The lowest BCUT2D eigenvalue weighted by Crippen LogP contribution is -2.28. The second kappa shape index (κ2) is 7.26.